The lowest BCUT2D eigenvalue weighted by Gasteiger charge is -2.14. The highest BCUT2D eigenvalue weighted by molar-refractivity contribution is 5.98. The second kappa shape index (κ2) is 9.68. The van der Waals surface area contributed by atoms with Crippen molar-refractivity contribution in [3.05, 3.63) is 77.6 Å². The normalized spacial score (nSPS) is 11.7. The summed E-state index contributed by atoms with van der Waals surface area (Å²) in [5, 5.41) is 6.82. The monoisotopic (exact) mass is 392 g/mol. The lowest BCUT2D eigenvalue weighted by molar-refractivity contribution is -0.124. The lowest BCUT2D eigenvalue weighted by Crippen LogP contribution is -2.36. The number of carbonyl (C=O) groups excluding carboxylic acids is 2. The first-order valence-corrected chi connectivity index (χ1v) is 9.56. The number of hydrogen-bond donors (Lipinski definition) is 1. The molecule has 2 aromatic carbocycles. The summed E-state index contributed by atoms with van der Waals surface area (Å²) in [6.45, 7) is 3.22. The molecule has 0 bridgehead atoms. The Morgan fingerprint density at radius 3 is 2.41 bits per heavy atom. The highest BCUT2D eigenvalue weighted by atomic mass is 16.5. The summed E-state index contributed by atoms with van der Waals surface area (Å²) in [4.78, 5) is 24.7. The topological polar surface area (TPSA) is 81.4 Å². The molecule has 3 aromatic rings. The Balaban J connectivity index is 1.52. The maximum atomic E-state index is 12.5. The lowest BCUT2D eigenvalue weighted by atomic mass is 10.1. The molecule has 0 fully saturated rings. The van der Waals surface area contributed by atoms with Gasteiger partial charge in [0.25, 0.3) is 5.91 Å². The Kier molecular flexibility index (Phi) is 6.79. The van der Waals surface area contributed by atoms with Crippen molar-refractivity contribution in [2.75, 3.05) is 6.61 Å². The largest absolute Gasteiger partial charge is 0.452 e. The molecule has 1 unspecified atom stereocenters. The van der Waals surface area contributed by atoms with Crippen LogP contribution in [0.4, 0.5) is 0 Å². The molecule has 0 spiro atoms. The van der Waals surface area contributed by atoms with E-state index in [2.05, 4.69) is 22.6 Å². The Morgan fingerprint density at radius 2 is 1.72 bits per heavy atom. The zero-order chi connectivity index (χ0) is 20.6. The van der Waals surface area contributed by atoms with Crippen molar-refractivity contribution >= 4 is 11.9 Å². The van der Waals surface area contributed by atoms with E-state index in [1.165, 1.54) is 5.56 Å². The highest BCUT2D eigenvalue weighted by Crippen LogP contribution is 2.25. The fraction of sp³-hybridized carbons (Fsp3) is 0.261. The van der Waals surface area contributed by atoms with Gasteiger partial charge in [0.2, 0.25) is 0 Å². The van der Waals surface area contributed by atoms with Crippen LogP contribution < -0.4 is 5.32 Å². The quantitative estimate of drug-likeness (QED) is 0.587. The first kappa shape index (κ1) is 20.3. The SMILES string of the molecule is Cc1onc(-c2ccccc2)c1C(=O)OCC(=O)NC(C)CCc1ccccc1. The number of amides is 1. The summed E-state index contributed by atoms with van der Waals surface area (Å²) in [5.74, 6) is -0.616. The molecular formula is C23H24N2O4. The third-order valence-corrected chi connectivity index (χ3v) is 4.56. The molecule has 0 saturated carbocycles. The van der Waals surface area contributed by atoms with Gasteiger partial charge in [-0.05, 0) is 32.3 Å². The predicted octanol–water partition coefficient (Wildman–Crippen LogP) is 3.94. The van der Waals surface area contributed by atoms with Crippen LogP contribution in [-0.4, -0.2) is 29.7 Å². The molecule has 6 nitrogen and oxygen atoms in total. The van der Waals surface area contributed by atoms with E-state index in [1.54, 1.807) is 6.92 Å². The molecule has 1 N–H and O–H groups in total. The minimum Gasteiger partial charge on any atom is -0.452 e. The average molecular weight is 392 g/mol. The third-order valence-electron chi connectivity index (χ3n) is 4.56. The average Bonchev–Trinajstić information content (AvgIpc) is 3.13. The summed E-state index contributed by atoms with van der Waals surface area (Å²) in [6, 6.07) is 19.3. The van der Waals surface area contributed by atoms with Crippen LogP contribution in [0.1, 0.15) is 35.0 Å². The molecule has 1 heterocycles. The Morgan fingerprint density at radius 1 is 1.07 bits per heavy atom. The Hall–Kier alpha value is -3.41. The number of nitrogens with zero attached hydrogens (tertiary/aromatic N) is 1. The molecule has 0 aliphatic rings. The molecule has 1 atom stereocenters. The molecular weight excluding hydrogens is 368 g/mol. The molecule has 1 amide bonds. The van der Waals surface area contributed by atoms with Gasteiger partial charge < -0.3 is 14.6 Å². The maximum absolute atomic E-state index is 12.5. The predicted molar refractivity (Wildman–Crippen MR) is 109 cm³/mol. The van der Waals surface area contributed by atoms with Crippen LogP contribution in [0.3, 0.4) is 0 Å². The third kappa shape index (κ3) is 5.54. The highest BCUT2D eigenvalue weighted by Gasteiger charge is 2.23. The van der Waals surface area contributed by atoms with Gasteiger partial charge in [0, 0.05) is 11.6 Å². The van der Waals surface area contributed by atoms with E-state index < -0.39 is 5.97 Å². The van der Waals surface area contributed by atoms with Crippen molar-refractivity contribution in [1.29, 1.82) is 0 Å². The Bertz CT molecular complexity index is 952. The number of benzene rings is 2. The Labute approximate surface area is 169 Å². The summed E-state index contributed by atoms with van der Waals surface area (Å²) in [5.41, 5.74) is 2.61. The van der Waals surface area contributed by atoms with Crippen molar-refractivity contribution in [3.8, 4) is 11.3 Å². The van der Waals surface area contributed by atoms with Crippen LogP contribution in [0.2, 0.25) is 0 Å². The number of rotatable bonds is 8. The molecule has 0 saturated heterocycles. The summed E-state index contributed by atoms with van der Waals surface area (Å²) in [6.07, 6.45) is 1.66. The van der Waals surface area contributed by atoms with Crippen LogP contribution in [0.5, 0.6) is 0 Å². The molecule has 0 aliphatic heterocycles. The summed E-state index contributed by atoms with van der Waals surface area (Å²) >= 11 is 0. The summed E-state index contributed by atoms with van der Waals surface area (Å²) < 4.78 is 10.4. The van der Waals surface area contributed by atoms with Crippen molar-refractivity contribution in [3.63, 3.8) is 0 Å². The second-order valence-electron chi connectivity index (χ2n) is 6.90. The number of aromatic nitrogens is 1. The van der Waals surface area contributed by atoms with Gasteiger partial charge in [-0.2, -0.15) is 0 Å². The number of ether oxygens (including phenoxy) is 1. The number of nitrogens with one attached hydrogen (secondary N) is 1. The van der Waals surface area contributed by atoms with Gasteiger partial charge in [0.15, 0.2) is 6.61 Å². The number of carbonyl (C=O) groups is 2. The van der Waals surface area contributed by atoms with E-state index >= 15 is 0 Å². The number of esters is 1. The standard InChI is InChI=1S/C23H24N2O4/c1-16(13-14-18-9-5-3-6-10-18)24-20(26)15-28-23(27)21-17(2)29-25-22(21)19-11-7-4-8-12-19/h3-12,16H,13-15H2,1-2H3,(H,24,26). The van der Waals surface area contributed by atoms with Gasteiger partial charge in [-0.3, -0.25) is 4.79 Å². The minimum absolute atomic E-state index is 0.0291. The summed E-state index contributed by atoms with van der Waals surface area (Å²) in [7, 11) is 0. The van der Waals surface area contributed by atoms with Crippen LogP contribution in [0.25, 0.3) is 11.3 Å². The fourth-order valence-electron chi connectivity index (χ4n) is 3.03. The molecule has 6 heteroatoms. The second-order valence-corrected chi connectivity index (χ2v) is 6.90. The fourth-order valence-corrected chi connectivity index (χ4v) is 3.03. The van der Waals surface area contributed by atoms with Crippen molar-refractivity contribution < 1.29 is 18.8 Å². The zero-order valence-corrected chi connectivity index (χ0v) is 16.6. The molecule has 150 valence electrons. The molecule has 1 aromatic heterocycles. The van der Waals surface area contributed by atoms with E-state index in [-0.39, 0.29) is 24.1 Å². The molecule has 3 rings (SSSR count). The first-order valence-electron chi connectivity index (χ1n) is 9.56. The molecule has 0 radical (unpaired) electrons. The van der Waals surface area contributed by atoms with E-state index in [4.69, 9.17) is 9.26 Å². The van der Waals surface area contributed by atoms with Gasteiger partial charge in [-0.1, -0.05) is 65.8 Å². The van der Waals surface area contributed by atoms with Crippen molar-refractivity contribution in [1.82, 2.24) is 10.5 Å². The van der Waals surface area contributed by atoms with Crippen molar-refractivity contribution in [2.24, 2.45) is 0 Å². The van der Waals surface area contributed by atoms with Gasteiger partial charge in [-0.15, -0.1) is 0 Å². The van der Waals surface area contributed by atoms with Crippen LogP contribution in [-0.2, 0) is 16.0 Å². The van der Waals surface area contributed by atoms with E-state index in [1.807, 2.05) is 55.5 Å². The van der Waals surface area contributed by atoms with Crippen LogP contribution in [0.15, 0.2) is 65.2 Å². The van der Waals surface area contributed by atoms with Crippen LogP contribution >= 0.6 is 0 Å². The minimum atomic E-state index is -0.630. The van der Waals surface area contributed by atoms with Gasteiger partial charge in [0.1, 0.15) is 17.0 Å². The molecule has 0 aliphatic carbocycles. The maximum Gasteiger partial charge on any atom is 0.344 e. The van der Waals surface area contributed by atoms with E-state index in [0.29, 0.717) is 11.5 Å². The smallest absolute Gasteiger partial charge is 0.344 e. The number of aryl methyl sites for hydroxylation is 2. The van der Waals surface area contributed by atoms with E-state index in [0.717, 1.165) is 18.4 Å². The first-order chi connectivity index (χ1) is 14.0. The van der Waals surface area contributed by atoms with Crippen LogP contribution in [0, 0.1) is 6.92 Å². The van der Waals surface area contributed by atoms with Gasteiger partial charge in [-0.25, -0.2) is 4.79 Å². The van der Waals surface area contributed by atoms with Gasteiger partial charge in [0.05, 0.1) is 0 Å². The van der Waals surface area contributed by atoms with Gasteiger partial charge >= 0.3 is 5.97 Å². The zero-order valence-electron chi connectivity index (χ0n) is 16.6. The van der Waals surface area contributed by atoms with E-state index in [9.17, 15) is 9.59 Å². The molecule has 29 heavy (non-hydrogen) atoms. The van der Waals surface area contributed by atoms with Crippen molar-refractivity contribution in [2.45, 2.75) is 32.7 Å². The number of hydrogen-bond acceptors (Lipinski definition) is 5.